The molecular weight excluding hydrogens is 300 g/mol. The molecule has 1 aliphatic heterocycles. The normalized spacial score (nSPS) is 18.9. The molecule has 0 aliphatic carbocycles. The number of nitrogens with one attached hydrogen (secondary N) is 2. The molecule has 0 atom stereocenters. The van der Waals surface area contributed by atoms with Crippen LogP contribution in [-0.4, -0.2) is 25.5 Å². The summed E-state index contributed by atoms with van der Waals surface area (Å²) in [5.74, 6) is 0.0421. The molecule has 1 saturated heterocycles. The van der Waals surface area contributed by atoms with Gasteiger partial charge in [0.05, 0.1) is 8.66 Å². The van der Waals surface area contributed by atoms with Crippen LogP contribution in [0.25, 0.3) is 0 Å². The molecule has 0 radical (unpaired) electrons. The van der Waals surface area contributed by atoms with E-state index in [1.165, 1.54) is 11.3 Å². The molecule has 3 nitrogen and oxygen atoms in total. The summed E-state index contributed by atoms with van der Waals surface area (Å²) in [5.41, 5.74) is 0.245. The van der Waals surface area contributed by atoms with Crippen LogP contribution in [0, 0.1) is 5.41 Å². The van der Waals surface area contributed by atoms with Crippen LogP contribution in [-0.2, 0) is 0 Å². The summed E-state index contributed by atoms with van der Waals surface area (Å²) in [5, 5.41) is 6.39. The predicted molar refractivity (Wildman–Crippen MR) is 74.6 cm³/mol. The third kappa shape index (κ3) is 3.53. The Morgan fingerprint density at radius 3 is 2.82 bits per heavy atom. The number of thiophene rings is 1. The maximum atomic E-state index is 11.9. The van der Waals surface area contributed by atoms with Gasteiger partial charge in [-0.3, -0.25) is 4.79 Å². The molecule has 2 rings (SSSR count). The third-order valence-corrected chi connectivity index (χ3v) is 4.91. The maximum absolute atomic E-state index is 11.9. The van der Waals surface area contributed by atoms with Crippen LogP contribution in [0.3, 0.4) is 0 Å². The van der Waals surface area contributed by atoms with E-state index in [9.17, 15) is 4.79 Å². The van der Waals surface area contributed by atoms with Crippen LogP contribution in [0.4, 0.5) is 0 Å². The molecule has 5 heteroatoms. The van der Waals surface area contributed by atoms with Gasteiger partial charge in [-0.25, -0.2) is 0 Å². The highest BCUT2D eigenvalue weighted by molar-refractivity contribution is 9.11. The van der Waals surface area contributed by atoms with Gasteiger partial charge in [0.25, 0.3) is 5.91 Å². The molecule has 0 saturated carbocycles. The van der Waals surface area contributed by atoms with E-state index in [4.69, 9.17) is 0 Å². The van der Waals surface area contributed by atoms with Gasteiger partial charge < -0.3 is 10.6 Å². The molecule has 0 spiro atoms. The summed E-state index contributed by atoms with van der Waals surface area (Å²) in [6.45, 7) is 5.12. The maximum Gasteiger partial charge on any atom is 0.261 e. The number of hydrogen-bond donors (Lipinski definition) is 2. The Hall–Kier alpha value is -0.390. The minimum absolute atomic E-state index is 0.0421. The molecule has 94 valence electrons. The second kappa shape index (κ2) is 5.50. The van der Waals surface area contributed by atoms with Crippen LogP contribution >= 0.6 is 27.3 Å². The first-order valence-corrected chi connectivity index (χ1v) is 7.44. The number of carbonyl (C=O) groups excluding carboxylic acids is 1. The molecule has 1 aromatic heterocycles. The number of piperidine rings is 1. The van der Waals surface area contributed by atoms with E-state index in [1.807, 2.05) is 12.1 Å². The molecule has 0 unspecified atom stereocenters. The Morgan fingerprint density at radius 2 is 2.24 bits per heavy atom. The first kappa shape index (κ1) is 13.1. The molecule has 2 N–H and O–H groups in total. The van der Waals surface area contributed by atoms with Gasteiger partial charge >= 0.3 is 0 Å². The highest BCUT2D eigenvalue weighted by Crippen LogP contribution is 2.27. The van der Waals surface area contributed by atoms with Gasteiger partial charge in [0.15, 0.2) is 0 Å². The molecule has 1 aromatic rings. The minimum atomic E-state index is 0.0421. The molecule has 1 amide bonds. The van der Waals surface area contributed by atoms with Gasteiger partial charge in [0.1, 0.15) is 0 Å². The summed E-state index contributed by atoms with van der Waals surface area (Å²) in [4.78, 5) is 12.7. The number of hydrogen-bond acceptors (Lipinski definition) is 3. The summed E-state index contributed by atoms with van der Waals surface area (Å²) >= 11 is 4.84. The first-order chi connectivity index (χ1) is 8.09. The summed E-state index contributed by atoms with van der Waals surface area (Å²) < 4.78 is 0.996. The number of carbonyl (C=O) groups is 1. The molecular formula is C12H17BrN2OS. The Labute approximate surface area is 114 Å². The van der Waals surface area contributed by atoms with E-state index >= 15 is 0 Å². The molecule has 0 bridgehead atoms. The van der Waals surface area contributed by atoms with Gasteiger partial charge in [0, 0.05) is 6.54 Å². The predicted octanol–water partition coefficient (Wildman–Crippen LogP) is 2.63. The fourth-order valence-corrected chi connectivity index (χ4v) is 3.33. The van der Waals surface area contributed by atoms with Crippen LogP contribution in [0.2, 0.25) is 0 Å². The minimum Gasteiger partial charge on any atom is -0.351 e. The fraction of sp³-hybridized carbons (Fsp3) is 0.583. The van der Waals surface area contributed by atoms with Crippen molar-refractivity contribution in [3.8, 4) is 0 Å². The lowest BCUT2D eigenvalue weighted by Crippen LogP contribution is -2.42. The highest BCUT2D eigenvalue weighted by Gasteiger charge is 2.27. The second-order valence-corrected chi connectivity index (χ2v) is 7.31. The molecule has 17 heavy (non-hydrogen) atoms. The van der Waals surface area contributed by atoms with Crippen molar-refractivity contribution in [2.24, 2.45) is 5.41 Å². The van der Waals surface area contributed by atoms with Crippen molar-refractivity contribution in [3.63, 3.8) is 0 Å². The quantitative estimate of drug-likeness (QED) is 0.900. The van der Waals surface area contributed by atoms with Gasteiger partial charge in [-0.05, 0) is 59.4 Å². The number of halogens is 1. The SMILES string of the molecule is CC1(CNC(=O)c2ccc(Br)s2)CCNCC1. The van der Waals surface area contributed by atoms with Crippen molar-refractivity contribution in [3.05, 3.63) is 20.8 Å². The largest absolute Gasteiger partial charge is 0.351 e. The average molecular weight is 317 g/mol. The van der Waals surface area contributed by atoms with Crippen molar-refractivity contribution in [2.45, 2.75) is 19.8 Å². The lowest BCUT2D eigenvalue weighted by molar-refractivity contribution is 0.0926. The zero-order valence-electron chi connectivity index (χ0n) is 9.88. The molecule has 1 aliphatic rings. The molecule has 2 heterocycles. The van der Waals surface area contributed by atoms with E-state index in [2.05, 4.69) is 33.5 Å². The van der Waals surface area contributed by atoms with E-state index in [1.54, 1.807) is 0 Å². The van der Waals surface area contributed by atoms with Crippen molar-refractivity contribution in [1.29, 1.82) is 0 Å². The van der Waals surface area contributed by atoms with Gasteiger partial charge in [-0.15, -0.1) is 11.3 Å². The van der Waals surface area contributed by atoms with Crippen molar-refractivity contribution < 1.29 is 4.79 Å². The summed E-state index contributed by atoms with van der Waals surface area (Å²) in [6, 6.07) is 3.76. The van der Waals surface area contributed by atoms with Crippen LogP contribution in [0.15, 0.2) is 15.9 Å². The lowest BCUT2D eigenvalue weighted by atomic mass is 9.81. The van der Waals surface area contributed by atoms with Crippen molar-refractivity contribution in [1.82, 2.24) is 10.6 Å². The lowest BCUT2D eigenvalue weighted by Gasteiger charge is -2.34. The summed E-state index contributed by atoms with van der Waals surface area (Å²) in [7, 11) is 0. The zero-order valence-corrected chi connectivity index (χ0v) is 12.3. The molecule has 1 fully saturated rings. The van der Waals surface area contributed by atoms with Gasteiger partial charge in [-0.1, -0.05) is 6.92 Å². The van der Waals surface area contributed by atoms with E-state index in [0.29, 0.717) is 0 Å². The monoisotopic (exact) mass is 316 g/mol. The topological polar surface area (TPSA) is 41.1 Å². The average Bonchev–Trinajstić information content (AvgIpc) is 2.74. The number of rotatable bonds is 3. The van der Waals surface area contributed by atoms with Crippen LogP contribution < -0.4 is 10.6 Å². The third-order valence-electron chi connectivity index (χ3n) is 3.28. The standard InChI is InChI=1S/C12H17BrN2OS/c1-12(4-6-14-7-5-12)8-15-11(16)9-2-3-10(13)17-9/h2-3,14H,4-8H2,1H3,(H,15,16). The van der Waals surface area contributed by atoms with E-state index < -0.39 is 0 Å². The van der Waals surface area contributed by atoms with Gasteiger partial charge in [-0.2, -0.15) is 0 Å². The first-order valence-electron chi connectivity index (χ1n) is 5.83. The fourth-order valence-electron chi connectivity index (χ4n) is 2.02. The van der Waals surface area contributed by atoms with Crippen LogP contribution in [0.5, 0.6) is 0 Å². The zero-order chi connectivity index (χ0) is 12.3. The smallest absolute Gasteiger partial charge is 0.261 e. The molecule has 0 aromatic carbocycles. The van der Waals surface area contributed by atoms with E-state index in [-0.39, 0.29) is 11.3 Å². The van der Waals surface area contributed by atoms with E-state index in [0.717, 1.165) is 41.1 Å². The van der Waals surface area contributed by atoms with Crippen LogP contribution in [0.1, 0.15) is 29.4 Å². The summed E-state index contributed by atoms with van der Waals surface area (Å²) in [6.07, 6.45) is 2.25. The Balaban J connectivity index is 1.87. The Morgan fingerprint density at radius 1 is 1.53 bits per heavy atom. The second-order valence-electron chi connectivity index (χ2n) is 4.85. The Bertz CT molecular complexity index is 399. The van der Waals surface area contributed by atoms with Crippen molar-refractivity contribution >= 4 is 33.2 Å². The number of amides is 1. The highest BCUT2D eigenvalue weighted by atomic mass is 79.9. The van der Waals surface area contributed by atoms with Crippen molar-refractivity contribution in [2.75, 3.05) is 19.6 Å². The van der Waals surface area contributed by atoms with Gasteiger partial charge in [0.2, 0.25) is 0 Å². The Kier molecular flexibility index (Phi) is 4.22.